The molecule has 0 unspecified atom stereocenters. The third-order valence-corrected chi connectivity index (χ3v) is 3.82. The molecule has 0 atom stereocenters. The molecule has 98 valence electrons. The fourth-order valence-electron chi connectivity index (χ4n) is 2.59. The molecule has 1 saturated carbocycles. The van der Waals surface area contributed by atoms with Gasteiger partial charge in [0, 0.05) is 19.8 Å². The van der Waals surface area contributed by atoms with E-state index in [4.69, 9.17) is 0 Å². The van der Waals surface area contributed by atoms with Crippen LogP contribution in [0.1, 0.15) is 43.0 Å². The van der Waals surface area contributed by atoms with Crippen LogP contribution in [0.25, 0.3) is 0 Å². The van der Waals surface area contributed by atoms with E-state index >= 15 is 0 Å². The van der Waals surface area contributed by atoms with Crippen molar-refractivity contribution in [2.24, 2.45) is 5.41 Å². The van der Waals surface area contributed by atoms with E-state index in [9.17, 15) is 4.79 Å². The van der Waals surface area contributed by atoms with E-state index in [-0.39, 0.29) is 11.3 Å². The molecule has 18 heavy (non-hydrogen) atoms. The van der Waals surface area contributed by atoms with Crippen LogP contribution < -0.4 is 10.6 Å². The fraction of sp³-hybridized carbons (Fsp3) is 0.571. The largest absolute Gasteiger partial charge is 0.386 e. The van der Waals surface area contributed by atoms with Gasteiger partial charge in [-0.2, -0.15) is 0 Å². The van der Waals surface area contributed by atoms with Gasteiger partial charge in [0.1, 0.15) is 0 Å². The summed E-state index contributed by atoms with van der Waals surface area (Å²) in [5.74, 6) is -0.0186. The Labute approximate surface area is 108 Å². The lowest BCUT2D eigenvalue weighted by Gasteiger charge is -2.23. The second-order valence-corrected chi connectivity index (χ2v) is 5.37. The minimum absolute atomic E-state index is 0.0186. The zero-order valence-electron chi connectivity index (χ0n) is 11.1. The predicted octanol–water partition coefficient (Wildman–Crippen LogP) is 2.43. The summed E-state index contributed by atoms with van der Waals surface area (Å²) in [6.07, 6.45) is 8.30. The molecule has 1 amide bonds. The zero-order chi connectivity index (χ0) is 13.0. The van der Waals surface area contributed by atoms with E-state index in [0.717, 1.165) is 12.2 Å². The summed E-state index contributed by atoms with van der Waals surface area (Å²) >= 11 is 0. The maximum atomic E-state index is 12.1. The van der Waals surface area contributed by atoms with Crippen LogP contribution in [0.4, 0.5) is 5.69 Å². The second-order valence-electron chi connectivity index (χ2n) is 5.37. The van der Waals surface area contributed by atoms with Gasteiger partial charge in [-0.25, -0.2) is 0 Å². The number of nitrogens with zero attached hydrogens (tertiary/aromatic N) is 1. The van der Waals surface area contributed by atoms with E-state index in [0.29, 0.717) is 5.56 Å². The summed E-state index contributed by atoms with van der Waals surface area (Å²) in [5.41, 5.74) is 1.71. The first-order valence-electron chi connectivity index (χ1n) is 6.55. The fourth-order valence-corrected chi connectivity index (χ4v) is 2.59. The lowest BCUT2D eigenvalue weighted by molar-refractivity contribution is 0.0935. The first-order chi connectivity index (χ1) is 8.64. The van der Waals surface area contributed by atoms with Gasteiger partial charge in [-0.05, 0) is 24.3 Å². The Morgan fingerprint density at radius 3 is 2.83 bits per heavy atom. The number of rotatable bonds is 4. The van der Waals surface area contributed by atoms with Crippen molar-refractivity contribution in [2.75, 3.05) is 18.9 Å². The van der Waals surface area contributed by atoms with Crippen LogP contribution in [0.3, 0.4) is 0 Å². The monoisotopic (exact) mass is 247 g/mol. The number of aromatic nitrogens is 1. The molecule has 0 saturated heterocycles. The highest BCUT2D eigenvalue weighted by molar-refractivity contribution is 5.99. The SMILES string of the molecule is CNc1cnccc1C(=O)NCC1(C)CCCC1. The summed E-state index contributed by atoms with van der Waals surface area (Å²) in [6, 6.07) is 1.75. The third kappa shape index (κ3) is 2.81. The summed E-state index contributed by atoms with van der Waals surface area (Å²) in [4.78, 5) is 16.2. The number of amides is 1. The average molecular weight is 247 g/mol. The Morgan fingerprint density at radius 2 is 2.17 bits per heavy atom. The number of nitrogens with one attached hydrogen (secondary N) is 2. The molecule has 1 heterocycles. The van der Waals surface area contributed by atoms with Crippen molar-refractivity contribution in [2.45, 2.75) is 32.6 Å². The lowest BCUT2D eigenvalue weighted by Crippen LogP contribution is -2.34. The highest BCUT2D eigenvalue weighted by Gasteiger charge is 2.29. The van der Waals surface area contributed by atoms with Crippen LogP contribution >= 0.6 is 0 Å². The first kappa shape index (κ1) is 12.9. The summed E-state index contributed by atoms with van der Waals surface area (Å²) in [6.45, 7) is 3.02. The van der Waals surface area contributed by atoms with Crippen LogP contribution in [-0.2, 0) is 0 Å². The van der Waals surface area contributed by atoms with Crippen molar-refractivity contribution < 1.29 is 4.79 Å². The van der Waals surface area contributed by atoms with Gasteiger partial charge in [0.05, 0.1) is 17.4 Å². The molecule has 0 aliphatic heterocycles. The number of hydrogen-bond acceptors (Lipinski definition) is 3. The van der Waals surface area contributed by atoms with Crippen molar-refractivity contribution in [3.63, 3.8) is 0 Å². The topological polar surface area (TPSA) is 54.0 Å². The van der Waals surface area contributed by atoms with Gasteiger partial charge in [-0.15, -0.1) is 0 Å². The standard InChI is InChI=1S/C14H21N3O/c1-14(6-3-4-7-14)10-17-13(18)11-5-8-16-9-12(11)15-2/h5,8-9,15H,3-4,6-7,10H2,1-2H3,(H,17,18). The normalized spacial score (nSPS) is 17.4. The molecule has 1 aliphatic rings. The van der Waals surface area contributed by atoms with Crippen LogP contribution in [0.5, 0.6) is 0 Å². The Morgan fingerprint density at radius 1 is 1.44 bits per heavy atom. The Bertz CT molecular complexity index is 425. The summed E-state index contributed by atoms with van der Waals surface area (Å²) in [7, 11) is 1.80. The molecule has 0 spiro atoms. The summed E-state index contributed by atoms with van der Waals surface area (Å²) < 4.78 is 0. The number of hydrogen-bond donors (Lipinski definition) is 2. The highest BCUT2D eigenvalue weighted by atomic mass is 16.1. The molecule has 0 aromatic carbocycles. The highest BCUT2D eigenvalue weighted by Crippen LogP contribution is 2.36. The van der Waals surface area contributed by atoms with Crippen molar-refractivity contribution in [3.05, 3.63) is 24.0 Å². The minimum Gasteiger partial charge on any atom is -0.386 e. The zero-order valence-corrected chi connectivity index (χ0v) is 11.1. The van der Waals surface area contributed by atoms with Gasteiger partial charge in [0.25, 0.3) is 5.91 Å². The van der Waals surface area contributed by atoms with Gasteiger partial charge >= 0.3 is 0 Å². The molecular weight excluding hydrogens is 226 g/mol. The number of carbonyl (C=O) groups excluding carboxylic acids is 1. The Hall–Kier alpha value is -1.58. The Balaban J connectivity index is 1.99. The van der Waals surface area contributed by atoms with Crippen LogP contribution in [0.2, 0.25) is 0 Å². The number of carbonyl (C=O) groups is 1. The maximum Gasteiger partial charge on any atom is 0.253 e. The molecule has 1 aliphatic carbocycles. The molecule has 0 bridgehead atoms. The minimum atomic E-state index is -0.0186. The molecule has 4 heteroatoms. The van der Waals surface area contributed by atoms with Gasteiger partial charge < -0.3 is 10.6 Å². The van der Waals surface area contributed by atoms with Crippen LogP contribution in [0, 0.1) is 5.41 Å². The van der Waals surface area contributed by atoms with Crippen molar-refractivity contribution >= 4 is 11.6 Å². The maximum absolute atomic E-state index is 12.1. The predicted molar refractivity (Wildman–Crippen MR) is 72.7 cm³/mol. The van der Waals surface area contributed by atoms with Crippen molar-refractivity contribution in [1.82, 2.24) is 10.3 Å². The lowest BCUT2D eigenvalue weighted by atomic mass is 9.89. The van der Waals surface area contributed by atoms with Gasteiger partial charge in [0.15, 0.2) is 0 Å². The van der Waals surface area contributed by atoms with E-state index in [1.54, 1.807) is 25.5 Å². The smallest absolute Gasteiger partial charge is 0.253 e. The number of anilines is 1. The van der Waals surface area contributed by atoms with E-state index in [1.165, 1.54) is 25.7 Å². The van der Waals surface area contributed by atoms with Gasteiger partial charge in [-0.1, -0.05) is 19.8 Å². The second kappa shape index (κ2) is 5.38. The van der Waals surface area contributed by atoms with E-state index < -0.39 is 0 Å². The quantitative estimate of drug-likeness (QED) is 0.859. The molecule has 4 nitrogen and oxygen atoms in total. The molecule has 1 aromatic heterocycles. The summed E-state index contributed by atoms with van der Waals surface area (Å²) in [5, 5.41) is 6.04. The first-order valence-corrected chi connectivity index (χ1v) is 6.55. The number of pyridine rings is 1. The van der Waals surface area contributed by atoms with Crippen LogP contribution in [-0.4, -0.2) is 24.5 Å². The molecular formula is C14H21N3O. The van der Waals surface area contributed by atoms with Crippen molar-refractivity contribution in [1.29, 1.82) is 0 Å². The van der Waals surface area contributed by atoms with E-state index in [2.05, 4.69) is 22.5 Å². The molecule has 2 rings (SSSR count). The average Bonchev–Trinajstić information content (AvgIpc) is 2.83. The Kier molecular flexibility index (Phi) is 3.84. The molecule has 0 radical (unpaired) electrons. The molecule has 2 N–H and O–H groups in total. The third-order valence-electron chi connectivity index (χ3n) is 3.82. The van der Waals surface area contributed by atoms with Gasteiger partial charge in [0.2, 0.25) is 0 Å². The molecule has 1 aromatic rings. The van der Waals surface area contributed by atoms with Crippen molar-refractivity contribution in [3.8, 4) is 0 Å². The van der Waals surface area contributed by atoms with Crippen LogP contribution in [0.15, 0.2) is 18.5 Å². The molecule has 1 fully saturated rings. The van der Waals surface area contributed by atoms with E-state index in [1.807, 2.05) is 0 Å². The van der Waals surface area contributed by atoms with Gasteiger partial charge in [-0.3, -0.25) is 9.78 Å².